The highest BCUT2D eigenvalue weighted by molar-refractivity contribution is 5.78. The van der Waals surface area contributed by atoms with E-state index in [2.05, 4.69) is 38.1 Å². The van der Waals surface area contributed by atoms with Crippen LogP contribution in [0.25, 0.3) is 11.1 Å². The van der Waals surface area contributed by atoms with Crippen molar-refractivity contribution in [3.8, 4) is 11.1 Å². The molecule has 0 radical (unpaired) electrons. The molecule has 1 heteroatoms. The molecule has 0 spiro atoms. The third kappa shape index (κ3) is 1.90. The van der Waals surface area contributed by atoms with E-state index in [4.69, 9.17) is 0 Å². The fraction of sp³-hybridized carbons (Fsp3) is 0.278. The zero-order valence-corrected chi connectivity index (χ0v) is 11.4. The number of hydrogen-bond donors (Lipinski definition) is 0. The first-order valence-corrected chi connectivity index (χ1v) is 7.02. The highest BCUT2D eigenvalue weighted by Gasteiger charge is 2.26. The fourth-order valence-corrected chi connectivity index (χ4v) is 3.12. The summed E-state index contributed by atoms with van der Waals surface area (Å²) in [6, 6.07) is 14.1. The van der Waals surface area contributed by atoms with Gasteiger partial charge in [-0.1, -0.05) is 44.2 Å². The van der Waals surface area contributed by atoms with Crippen LogP contribution in [0.3, 0.4) is 0 Å². The summed E-state index contributed by atoms with van der Waals surface area (Å²) in [7, 11) is 0. The monoisotopic (exact) mass is 250 g/mol. The average Bonchev–Trinajstić information content (AvgIpc) is 2.57. The lowest BCUT2D eigenvalue weighted by molar-refractivity contribution is 0.797. The van der Waals surface area contributed by atoms with Gasteiger partial charge in [-0.2, -0.15) is 0 Å². The lowest BCUT2D eigenvalue weighted by Crippen LogP contribution is -1.93. The highest BCUT2D eigenvalue weighted by atomic mass is 16.1. The quantitative estimate of drug-likeness (QED) is 0.783. The second-order valence-corrected chi connectivity index (χ2v) is 5.18. The third-order valence-electron chi connectivity index (χ3n) is 4.11. The Balaban J connectivity index is 2.33. The molecule has 1 aliphatic carbocycles. The Bertz CT molecular complexity index is 685. The molecule has 0 aliphatic heterocycles. The van der Waals surface area contributed by atoms with Crippen LogP contribution in [0, 0.1) is 0 Å². The topological polar surface area (TPSA) is 17.1 Å². The Morgan fingerprint density at radius 1 is 0.947 bits per heavy atom. The number of aryl methyl sites for hydroxylation is 1. The van der Waals surface area contributed by atoms with Gasteiger partial charge in [0.1, 0.15) is 0 Å². The molecule has 19 heavy (non-hydrogen) atoms. The summed E-state index contributed by atoms with van der Waals surface area (Å²) in [5.74, 6) is 0.433. The highest BCUT2D eigenvalue weighted by Crippen LogP contribution is 2.45. The van der Waals surface area contributed by atoms with E-state index in [0.29, 0.717) is 5.92 Å². The second kappa shape index (κ2) is 4.65. The first-order chi connectivity index (χ1) is 9.24. The third-order valence-corrected chi connectivity index (χ3v) is 4.11. The van der Waals surface area contributed by atoms with Crippen LogP contribution >= 0.6 is 0 Å². The van der Waals surface area contributed by atoms with Crippen molar-refractivity contribution in [2.75, 3.05) is 0 Å². The van der Waals surface area contributed by atoms with E-state index < -0.39 is 0 Å². The van der Waals surface area contributed by atoms with Crippen LogP contribution in [0.4, 0.5) is 0 Å². The van der Waals surface area contributed by atoms with Crippen molar-refractivity contribution in [1.82, 2.24) is 0 Å². The minimum Gasteiger partial charge on any atom is -0.290 e. The van der Waals surface area contributed by atoms with Gasteiger partial charge in [0.05, 0.1) is 0 Å². The number of hydrogen-bond acceptors (Lipinski definition) is 1. The molecule has 1 atom stereocenters. The van der Waals surface area contributed by atoms with E-state index in [1.807, 2.05) is 6.07 Å². The summed E-state index contributed by atoms with van der Waals surface area (Å²) in [6.45, 7) is 4.38. The Morgan fingerprint density at radius 3 is 2.42 bits per heavy atom. The first kappa shape index (κ1) is 12.2. The summed E-state index contributed by atoms with van der Waals surface area (Å²) in [4.78, 5) is 11.8. The van der Waals surface area contributed by atoms with Gasteiger partial charge in [-0.15, -0.1) is 0 Å². The molecule has 2 aromatic rings. The molecule has 0 aromatic heterocycles. The molecule has 0 amide bonds. The summed E-state index contributed by atoms with van der Waals surface area (Å²) in [6.07, 6.45) is 2.10. The van der Waals surface area contributed by atoms with Crippen LogP contribution in [-0.4, -0.2) is 0 Å². The number of rotatable bonds is 2. The average molecular weight is 250 g/mol. The largest absolute Gasteiger partial charge is 0.290 e. The predicted octanol–water partition coefficient (Wildman–Crippen LogP) is 4.13. The van der Waals surface area contributed by atoms with Crippen molar-refractivity contribution in [2.45, 2.75) is 32.6 Å². The Labute approximate surface area is 113 Å². The van der Waals surface area contributed by atoms with Gasteiger partial charge in [0.15, 0.2) is 5.43 Å². The second-order valence-electron chi connectivity index (χ2n) is 5.18. The van der Waals surface area contributed by atoms with Crippen LogP contribution in [0.2, 0.25) is 0 Å². The lowest BCUT2D eigenvalue weighted by Gasteiger charge is -2.10. The van der Waals surface area contributed by atoms with E-state index in [9.17, 15) is 4.79 Å². The molecule has 0 saturated carbocycles. The molecule has 3 rings (SSSR count). The lowest BCUT2D eigenvalue weighted by atomic mass is 9.94. The predicted molar refractivity (Wildman–Crippen MR) is 79.7 cm³/mol. The smallest absolute Gasteiger partial charge is 0.179 e. The van der Waals surface area contributed by atoms with E-state index in [1.165, 1.54) is 22.3 Å². The van der Waals surface area contributed by atoms with Crippen molar-refractivity contribution in [2.24, 2.45) is 0 Å². The van der Waals surface area contributed by atoms with Crippen LogP contribution in [-0.2, 0) is 6.42 Å². The minimum atomic E-state index is 0.0888. The standard InChI is InChI=1S/C18H18O/c1-3-12-8-9-16-14(4-2)15-7-5-6-13(19)11-18(15)17(16)10-12/h5-11,14H,3-4H2,1-2H3. The maximum atomic E-state index is 11.8. The Morgan fingerprint density at radius 2 is 1.68 bits per heavy atom. The Kier molecular flexibility index (Phi) is 2.98. The van der Waals surface area contributed by atoms with Gasteiger partial charge < -0.3 is 0 Å². The molecule has 0 heterocycles. The summed E-state index contributed by atoms with van der Waals surface area (Å²) in [5.41, 5.74) is 6.49. The molecule has 0 bridgehead atoms. The van der Waals surface area contributed by atoms with Crippen molar-refractivity contribution in [3.63, 3.8) is 0 Å². The van der Waals surface area contributed by atoms with Crippen LogP contribution in [0.5, 0.6) is 0 Å². The van der Waals surface area contributed by atoms with Gasteiger partial charge in [-0.05, 0) is 52.8 Å². The van der Waals surface area contributed by atoms with E-state index >= 15 is 0 Å². The Hall–Kier alpha value is -1.89. The fourth-order valence-electron chi connectivity index (χ4n) is 3.12. The van der Waals surface area contributed by atoms with Gasteiger partial charge in [-0.3, -0.25) is 4.79 Å². The molecule has 1 nitrogen and oxygen atoms in total. The van der Waals surface area contributed by atoms with Gasteiger partial charge in [-0.25, -0.2) is 0 Å². The molecule has 0 saturated heterocycles. The molecular weight excluding hydrogens is 232 g/mol. The first-order valence-electron chi connectivity index (χ1n) is 7.02. The van der Waals surface area contributed by atoms with Crippen LogP contribution < -0.4 is 5.43 Å². The minimum absolute atomic E-state index is 0.0888. The number of benzene rings is 1. The van der Waals surface area contributed by atoms with E-state index in [-0.39, 0.29) is 5.43 Å². The van der Waals surface area contributed by atoms with Gasteiger partial charge in [0.2, 0.25) is 0 Å². The summed E-state index contributed by atoms with van der Waals surface area (Å²) in [5, 5.41) is 0. The summed E-state index contributed by atoms with van der Waals surface area (Å²) < 4.78 is 0. The molecular formula is C18H18O. The normalized spacial score (nSPS) is 16.0. The number of fused-ring (bicyclic) bond motifs is 3. The molecule has 0 fully saturated rings. The van der Waals surface area contributed by atoms with Crippen LogP contribution in [0.15, 0.2) is 47.3 Å². The van der Waals surface area contributed by atoms with Crippen molar-refractivity contribution >= 4 is 0 Å². The molecule has 1 aliphatic rings. The molecule has 96 valence electrons. The molecule has 2 aromatic carbocycles. The van der Waals surface area contributed by atoms with Crippen LogP contribution in [0.1, 0.15) is 42.9 Å². The maximum absolute atomic E-state index is 11.8. The summed E-state index contributed by atoms with van der Waals surface area (Å²) >= 11 is 0. The van der Waals surface area contributed by atoms with E-state index in [1.54, 1.807) is 12.1 Å². The van der Waals surface area contributed by atoms with Gasteiger partial charge >= 0.3 is 0 Å². The van der Waals surface area contributed by atoms with E-state index in [0.717, 1.165) is 18.4 Å². The van der Waals surface area contributed by atoms with Crippen molar-refractivity contribution < 1.29 is 0 Å². The zero-order chi connectivity index (χ0) is 13.4. The van der Waals surface area contributed by atoms with Crippen molar-refractivity contribution in [1.29, 1.82) is 0 Å². The van der Waals surface area contributed by atoms with Crippen molar-refractivity contribution in [3.05, 3.63) is 69.4 Å². The molecule has 0 N–H and O–H groups in total. The maximum Gasteiger partial charge on any atom is 0.179 e. The SMILES string of the molecule is CCc1ccc2c(c1)-c1cc(=O)cccc1C2CC. The van der Waals surface area contributed by atoms with Gasteiger partial charge in [0.25, 0.3) is 0 Å². The molecule has 1 unspecified atom stereocenters. The van der Waals surface area contributed by atoms with Gasteiger partial charge in [0, 0.05) is 5.92 Å². The zero-order valence-electron chi connectivity index (χ0n) is 11.4.